The number of aryl methyl sites for hydroxylation is 1. The number of halogens is 1. The number of nitro benzene ring substituents is 1. The van der Waals surface area contributed by atoms with Gasteiger partial charge in [-0.05, 0) is 31.2 Å². The van der Waals surface area contributed by atoms with Gasteiger partial charge in [-0.3, -0.25) is 14.9 Å². The molecule has 3 aromatic rings. The van der Waals surface area contributed by atoms with E-state index in [1.54, 1.807) is 0 Å². The molecule has 1 amide bonds. The van der Waals surface area contributed by atoms with E-state index in [4.69, 9.17) is 16.0 Å². The maximum atomic E-state index is 12.1. The van der Waals surface area contributed by atoms with Gasteiger partial charge in [0.1, 0.15) is 5.69 Å². The van der Waals surface area contributed by atoms with Crippen molar-refractivity contribution in [2.45, 2.75) is 12.1 Å². The highest BCUT2D eigenvalue weighted by molar-refractivity contribution is 7.99. The summed E-state index contributed by atoms with van der Waals surface area (Å²) in [6.45, 7) is 1.95. The van der Waals surface area contributed by atoms with Gasteiger partial charge in [0.2, 0.25) is 11.8 Å². The summed E-state index contributed by atoms with van der Waals surface area (Å²) in [6, 6.07) is 11.5. The van der Waals surface area contributed by atoms with Crippen molar-refractivity contribution < 1.29 is 14.1 Å². The summed E-state index contributed by atoms with van der Waals surface area (Å²) < 4.78 is 5.54. The van der Waals surface area contributed by atoms with Crippen LogP contribution in [0.4, 0.5) is 11.4 Å². The number of hydrogen-bond acceptors (Lipinski definition) is 7. The van der Waals surface area contributed by atoms with E-state index in [1.807, 2.05) is 31.2 Å². The van der Waals surface area contributed by atoms with E-state index in [-0.39, 0.29) is 27.4 Å². The second-order valence-electron chi connectivity index (χ2n) is 5.50. The van der Waals surface area contributed by atoms with Crippen LogP contribution in [0.5, 0.6) is 0 Å². The first-order valence-corrected chi connectivity index (χ1v) is 9.06. The van der Waals surface area contributed by atoms with Crippen molar-refractivity contribution >= 4 is 40.6 Å². The number of benzene rings is 2. The van der Waals surface area contributed by atoms with Crippen LogP contribution in [0.15, 0.2) is 52.1 Å². The molecular formula is C17H13ClN4O4S. The zero-order valence-corrected chi connectivity index (χ0v) is 15.6. The predicted molar refractivity (Wildman–Crippen MR) is 102 cm³/mol. The number of hydrogen-bond donors (Lipinski definition) is 1. The minimum absolute atomic E-state index is 0.0316. The fourth-order valence-electron chi connectivity index (χ4n) is 2.24. The molecule has 0 spiro atoms. The number of carbonyl (C=O) groups excluding carboxylic acids is 1. The summed E-state index contributed by atoms with van der Waals surface area (Å²) in [5.74, 6) is -0.160. The molecule has 0 aliphatic carbocycles. The molecule has 1 aromatic heterocycles. The van der Waals surface area contributed by atoms with Crippen molar-refractivity contribution in [3.8, 4) is 11.5 Å². The van der Waals surface area contributed by atoms with E-state index in [9.17, 15) is 14.9 Å². The summed E-state index contributed by atoms with van der Waals surface area (Å²) in [5, 5.41) is 21.9. The lowest BCUT2D eigenvalue weighted by Crippen LogP contribution is -2.15. The number of aromatic nitrogens is 2. The van der Waals surface area contributed by atoms with Crippen molar-refractivity contribution in [2.75, 3.05) is 11.1 Å². The van der Waals surface area contributed by atoms with Gasteiger partial charge in [0.15, 0.2) is 0 Å². The maximum absolute atomic E-state index is 12.1. The molecule has 8 nitrogen and oxygen atoms in total. The molecule has 1 heterocycles. The topological polar surface area (TPSA) is 111 Å². The average Bonchev–Trinajstić information content (AvgIpc) is 3.09. The van der Waals surface area contributed by atoms with Gasteiger partial charge >= 0.3 is 0 Å². The quantitative estimate of drug-likeness (QED) is 0.369. The number of nitrogens with zero attached hydrogens (tertiary/aromatic N) is 3. The molecule has 0 saturated heterocycles. The molecule has 0 radical (unpaired) electrons. The summed E-state index contributed by atoms with van der Waals surface area (Å²) in [6.07, 6.45) is 0. The lowest BCUT2D eigenvalue weighted by Gasteiger charge is -2.05. The summed E-state index contributed by atoms with van der Waals surface area (Å²) in [4.78, 5) is 22.5. The summed E-state index contributed by atoms with van der Waals surface area (Å²) >= 11 is 6.87. The van der Waals surface area contributed by atoms with Crippen LogP contribution in [-0.2, 0) is 4.79 Å². The lowest BCUT2D eigenvalue weighted by atomic mass is 10.1. The highest BCUT2D eigenvalue weighted by atomic mass is 35.5. The minimum Gasteiger partial charge on any atom is -0.411 e. The van der Waals surface area contributed by atoms with Gasteiger partial charge in [0.05, 0.1) is 10.7 Å². The Bertz CT molecular complexity index is 1010. The van der Waals surface area contributed by atoms with Crippen LogP contribution < -0.4 is 5.32 Å². The van der Waals surface area contributed by atoms with Crippen LogP contribution in [-0.4, -0.2) is 26.8 Å². The molecule has 1 N–H and O–H groups in total. The standard InChI is InChI=1S/C17H13ClN4O4S/c1-10-3-2-4-11(7-10)16-20-21-17(26-16)27-9-15(23)19-13-8-12(18)5-6-14(13)22(24)25/h2-8H,9H2,1H3,(H,19,23). The van der Waals surface area contributed by atoms with E-state index < -0.39 is 10.8 Å². The van der Waals surface area contributed by atoms with Crippen molar-refractivity contribution in [1.82, 2.24) is 10.2 Å². The molecule has 10 heteroatoms. The van der Waals surface area contributed by atoms with Gasteiger partial charge in [-0.25, -0.2) is 0 Å². The number of amides is 1. The van der Waals surface area contributed by atoms with Crippen LogP contribution >= 0.6 is 23.4 Å². The number of anilines is 1. The smallest absolute Gasteiger partial charge is 0.292 e. The zero-order valence-electron chi connectivity index (χ0n) is 14.0. The third kappa shape index (κ3) is 4.83. The van der Waals surface area contributed by atoms with Gasteiger partial charge in [-0.1, -0.05) is 41.1 Å². The van der Waals surface area contributed by atoms with Crippen LogP contribution in [0.25, 0.3) is 11.5 Å². The number of thioether (sulfide) groups is 1. The molecule has 0 fully saturated rings. The average molecular weight is 405 g/mol. The van der Waals surface area contributed by atoms with Gasteiger partial charge in [-0.15, -0.1) is 10.2 Å². The van der Waals surface area contributed by atoms with Crippen LogP contribution in [0, 0.1) is 17.0 Å². The Morgan fingerprint density at radius 1 is 1.30 bits per heavy atom. The van der Waals surface area contributed by atoms with E-state index in [0.717, 1.165) is 22.9 Å². The predicted octanol–water partition coefficient (Wildman–Crippen LogP) is 4.34. The molecule has 27 heavy (non-hydrogen) atoms. The third-order valence-electron chi connectivity index (χ3n) is 3.43. The Labute approximate surface area is 163 Å². The molecule has 0 unspecified atom stereocenters. The zero-order chi connectivity index (χ0) is 19.4. The van der Waals surface area contributed by atoms with Crippen LogP contribution in [0.3, 0.4) is 0 Å². The molecular weight excluding hydrogens is 392 g/mol. The van der Waals surface area contributed by atoms with E-state index in [1.165, 1.54) is 18.2 Å². The number of rotatable bonds is 6. The molecule has 138 valence electrons. The van der Waals surface area contributed by atoms with Crippen molar-refractivity contribution in [2.24, 2.45) is 0 Å². The number of nitrogens with one attached hydrogen (secondary N) is 1. The van der Waals surface area contributed by atoms with E-state index in [2.05, 4.69) is 15.5 Å². The Morgan fingerprint density at radius 2 is 2.11 bits per heavy atom. The van der Waals surface area contributed by atoms with Crippen molar-refractivity contribution in [3.63, 3.8) is 0 Å². The first-order valence-electron chi connectivity index (χ1n) is 7.69. The Kier molecular flexibility index (Phi) is 5.72. The fraction of sp³-hybridized carbons (Fsp3) is 0.118. The molecule has 0 aliphatic heterocycles. The third-order valence-corrected chi connectivity index (χ3v) is 4.48. The molecule has 0 bridgehead atoms. The van der Waals surface area contributed by atoms with Crippen molar-refractivity contribution in [3.05, 3.63) is 63.2 Å². The minimum atomic E-state index is -0.592. The largest absolute Gasteiger partial charge is 0.411 e. The van der Waals surface area contributed by atoms with Gasteiger partial charge in [-0.2, -0.15) is 0 Å². The first kappa shape index (κ1) is 18.9. The molecule has 3 rings (SSSR count). The number of nitro groups is 1. The van der Waals surface area contributed by atoms with Gasteiger partial charge in [0.25, 0.3) is 10.9 Å². The van der Waals surface area contributed by atoms with Crippen LogP contribution in [0.2, 0.25) is 5.02 Å². The van der Waals surface area contributed by atoms with Crippen molar-refractivity contribution in [1.29, 1.82) is 0 Å². The summed E-state index contributed by atoms with van der Waals surface area (Å²) in [5.41, 5.74) is 1.64. The Hall–Kier alpha value is -2.91. The molecule has 2 aromatic carbocycles. The molecule has 0 aliphatic rings. The first-order chi connectivity index (χ1) is 12.9. The summed E-state index contributed by atoms with van der Waals surface area (Å²) in [7, 11) is 0. The van der Waals surface area contributed by atoms with Gasteiger partial charge in [0, 0.05) is 16.7 Å². The molecule has 0 saturated carbocycles. The monoisotopic (exact) mass is 404 g/mol. The van der Waals surface area contributed by atoms with E-state index in [0.29, 0.717) is 5.89 Å². The second kappa shape index (κ2) is 8.19. The second-order valence-corrected chi connectivity index (χ2v) is 6.86. The van der Waals surface area contributed by atoms with Crippen LogP contribution in [0.1, 0.15) is 5.56 Å². The van der Waals surface area contributed by atoms with E-state index >= 15 is 0 Å². The Morgan fingerprint density at radius 3 is 2.85 bits per heavy atom. The normalized spacial score (nSPS) is 10.6. The Balaban J connectivity index is 1.64. The number of carbonyl (C=O) groups is 1. The highest BCUT2D eigenvalue weighted by Gasteiger charge is 2.17. The highest BCUT2D eigenvalue weighted by Crippen LogP contribution is 2.28. The lowest BCUT2D eigenvalue weighted by molar-refractivity contribution is -0.383. The fourth-order valence-corrected chi connectivity index (χ4v) is 2.98. The van der Waals surface area contributed by atoms with Gasteiger partial charge < -0.3 is 9.73 Å². The molecule has 0 atom stereocenters. The maximum Gasteiger partial charge on any atom is 0.292 e. The SMILES string of the molecule is Cc1cccc(-c2nnc(SCC(=O)Nc3cc(Cl)ccc3[N+](=O)[O-])o2)c1.